The molecule has 0 fully saturated rings. The van der Waals surface area contributed by atoms with Crippen molar-refractivity contribution < 1.29 is 12.6 Å². The van der Waals surface area contributed by atoms with E-state index in [1.54, 1.807) is 6.92 Å². The van der Waals surface area contributed by atoms with Gasteiger partial charge in [0.25, 0.3) is 10.1 Å². The number of hydrogen-bond donors (Lipinski definition) is 0. The van der Waals surface area contributed by atoms with Crippen molar-refractivity contribution in [3.8, 4) is 0 Å². The topological polar surface area (TPSA) is 43.4 Å². The van der Waals surface area contributed by atoms with Crippen molar-refractivity contribution in [3.63, 3.8) is 0 Å². The van der Waals surface area contributed by atoms with Gasteiger partial charge in [0.15, 0.2) is 0 Å². The first-order valence-corrected chi connectivity index (χ1v) is 8.15. The normalized spacial score (nSPS) is 11.0. The van der Waals surface area contributed by atoms with Gasteiger partial charge in [-0.3, -0.25) is 4.18 Å². The van der Waals surface area contributed by atoms with E-state index in [0.717, 1.165) is 11.0 Å². The van der Waals surface area contributed by atoms with Crippen LogP contribution in [-0.2, 0) is 14.3 Å². The Bertz CT molecular complexity index is 632. The summed E-state index contributed by atoms with van der Waals surface area (Å²) < 4.78 is 26.7. The van der Waals surface area contributed by atoms with Gasteiger partial charge in [-0.05, 0) is 25.5 Å². The molecule has 2 aromatic rings. The smallest absolute Gasteiger partial charge is 0.267 e. The molecule has 0 spiro atoms. The minimum absolute atomic E-state index is 0.154. The van der Waals surface area contributed by atoms with Crippen LogP contribution in [0.3, 0.4) is 0 Å². The molecule has 0 saturated carbocycles. The molecule has 0 atom stereocenters. The van der Waals surface area contributed by atoms with Crippen LogP contribution in [0.15, 0.2) is 66.1 Å². The molecule has 0 aromatic heterocycles. The lowest BCUT2D eigenvalue weighted by atomic mass is 10.2. The molecule has 0 unspecified atom stereocenters. The van der Waals surface area contributed by atoms with E-state index in [1.165, 1.54) is 11.6 Å². The van der Waals surface area contributed by atoms with E-state index in [2.05, 4.69) is 23.2 Å². The van der Waals surface area contributed by atoms with Gasteiger partial charge in [0.2, 0.25) is 0 Å². The van der Waals surface area contributed by atoms with Crippen LogP contribution in [0.4, 0.5) is 0 Å². The zero-order chi connectivity index (χ0) is 15.6. The molecule has 2 rings (SSSR count). The number of rotatable bonds is 4. The fourth-order valence-corrected chi connectivity index (χ4v) is 2.19. The van der Waals surface area contributed by atoms with Crippen LogP contribution in [0.1, 0.15) is 18.1 Å². The molecule has 0 heterocycles. The largest absolute Gasteiger partial charge is 0.290 e. The second-order valence-corrected chi connectivity index (χ2v) is 5.76. The third kappa shape index (κ3) is 8.07. The summed E-state index contributed by atoms with van der Waals surface area (Å²) in [5, 5.41) is 1.06. The van der Waals surface area contributed by atoms with Gasteiger partial charge in [0.1, 0.15) is 0 Å². The van der Waals surface area contributed by atoms with Crippen molar-refractivity contribution in [1.82, 2.24) is 0 Å². The van der Waals surface area contributed by atoms with Gasteiger partial charge in [-0.15, -0.1) is 0 Å². The molecule has 0 aliphatic heterocycles. The lowest BCUT2D eigenvalue weighted by Gasteiger charge is -1.96. The zero-order valence-corrected chi connectivity index (χ0v) is 13.1. The van der Waals surface area contributed by atoms with Crippen molar-refractivity contribution in [2.75, 3.05) is 6.61 Å². The second-order valence-electron chi connectivity index (χ2n) is 4.27. The van der Waals surface area contributed by atoms with Crippen molar-refractivity contribution in [3.05, 3.63) is 77.2 Å². The van der Waals surface area contributed by atoms with E-state index in [1.807, 2.05) is 48.5 Å². The second kappa shape index (κ2) is 9.10. The van der Waals surface area contributed by atoms with Crippen LogP contribution < -0.4 is 0 Å². The van der Waals surface area contributed by atoms with Crippen LogP contribution in [0, 0.1) is 6.92 Å². The molecule has 4 heteroatoms. The van der Waals surface area contributed by atoms with Gasteiger partial charge in [0, 0.05) is 0 Å². The SMILES string of the molecule is CCOS(=O)(=O)C=Cc1ccccc1.Cc1ccccc1. The summed E-state index contributed by atoms with van der Waals surface area (Å²) in [6.07, 6.45) is 1.50. The first-order valence-electron chi connectivity index (χ1n) is 6.67. The quantitative estimate of drug-likeness (QED) is 0.801. The fraction of sp³-hybridized carbons (Fsp3) is 0.176. The van der Waals surface area contributed by atoms with Gasteiger partial charge < -0.3 is 0 Å². The highest BCUT2D eigenvalue weighted by molar-refractivity contribution is 7.89. The molecule has 21 heavy (non-hydrogen) atoms. The highest BCUT2D eigenvalue weighted by Crippen LogP contribution is 2.04. The maximum absolute atomic E-state index is 11.1. The van der Waals surface area contributed by atoms with E-state index in [0.29, 0.717) is 0 Å². The van der Waals surface area contributed by atoms with E-state index in [-0.39, 0.29) is 6.61 Å². The molecule has 0 N–H and O–H groups in total. The predicted molar refractivity (Wildman–Crippen MR) is 87.2 cm³/mol. The molecule has 0 saturated heterocycles. The number of hydrogen-bond acceptors (Lipinski definition) is 3. The summed E-state index contributed by atoms with van der Waals surface area (Å²) >= 11 is 0. The molecular weight excluding hydrogens is 284 g/mol. The Morgan fingerprint density at radius 1 is 0.952 bits per heavy atom. The van der Waals surface area contributed by atoms with Crippen LogP contribution in [0.25, 0.3) is 6.08 Å². The standard InChI is InChI=1S/C10H12O3S.C7H8/c1-2-13-14(11,12)9-8-10-6-4-3-5-7-10;1-7-5-3-2-4-6-7/h3-9H,2H2,1H3;2-6H,1H3. The van der Waals surface area contributed by atoms with E-state index in [9.17, 15) is 8.42 Å². The van der Waals surface area contributed by atoms with Crippen LogP contribution in [0.2, 0.25) is 0 Å². The van der Waals surface area contributed by atoms with Crippen molar-refractivity contribution in [1.29, 1.82) is 0 Å². The highest BCUT2D eigenvalue weighted by atomic mass is 32.2. The van der Waals surface area contributed by atoms with Crippen molar-refractivity contribution in [2.24, 2.45) is 0 Å². The van der Waals surface area contributed by atoms with Crippen LogP contribution in [-0.4, -0.2) is 15.0 Å². The molecule has 3 nitrogen and oxygen atoms in total. The Kier molecular flexibility index (Phi) is 7.43. The zero-order valence-electron chi connectivity index (χ0n) is 12.3. The third-order valence-corrected chi connectivity index (χ3v) is 3.48. The maximum atomic E-state index is 11.1. The summed E-state index contributed by atoms with van der Waals surface area (Å²) in [6, 6.07) is 19.4. The molecule has 0 bridgehead atoms. The van der Waals surface area contributed by atoms with Crippen LogP contribution in [0.5, 0.6) is 0 Å². The third-order valence-electron chi connectivity index (χ3n) is 2.45. The van der Waals surface area contributed by atoms with Gasteiger partial charge in [-0.1, -0.05) is 66.2 Å². The van der Waals surface area contributed by atoms with E-state index in [4.69, 9.17) is 0 Å². The minimum Gasteiger partial charge on any atom is -0.267 e. The number of benzene rings is 2. The number of aryl methyl sites for hydroxylation is 1. The average molecular weight is 304 g/mol. The Labute approximate surface area is 127 Å². The van der Waals surface area contributed by atoms with Crippen molar-refractivity contribution in [2.45, 2.75) is 13.8 Å². The average Bonchev–Trinajstić information content (AvgIpc) is 2.48. The minimum atomic E-state index is -3.51. The molecule has 0 radical (unpaired) electrons. The lowest BCUT2D eigenvalue weighted by molar-refractivity contribution is 0.345. The first-order chi connectivity index (χ1) is 10.0. The van der Waals surface area contributed by atoms with Gasteiger partial charge in [0.05, 0.1) is 12.0 Å². The highest BCUT2D eigenvalue weighted by Gasteiger charge is 2.02. The van der Waals surface area contributed by atoms with Gasteiger partial charge in [-0.25, -0.2) is 0 Å². The Morgan fingerprint density at radius 3 is 1.90 bits per heavy atom. The first kappa shape index (κ1) is 17.1. The van der Waals surface area contributed by atoms with E-state index < -0.39 is 10.1 Å². The lowest BCUT2D eigenvalue weighted by Crippen LogP contribution is -2.00. The van der Waals surface area contributed by atoms with E-state index >= 15 is 0 Å². The molecule has 0 amide bonds. The summed E-state index contributed by atoms with van der Waals surface area (Å²) in [5.74, 6) is 0. The molecule has 0 aliphatic carbocycles. The fourth-order valence-electron chi connectivity index (χ4n) is 1.46. The molecule has 2 aromatic carbocycles. The predicted octanol–water partition coefficient (Wildman–Crippen LogP) is 4.02. The molecule has 112 valence electrons. The Morgan fingerprint density at radius 2 is 1.48 bits per heavy atom. The Hall–Kier alpha value is -1.91. The summed E-state index contributed by atoms with van der Waals surface area (Å²) in [4.78, 5) is 0. The maximum Gasteiger partial charge on any atom is 0.290 e. The summed E-state index contributed by atoms with van der Waals surface area (Å²) in [5.41, 5.74) is 2.15. The molecule has 0 aliphatic rings. The monoisotopic (exact) mass is 304 g/mol. The molecular formula is C17H20O3S. The Balaban J connectivity index is 0.000000262. The van der Waals surface area contributed by atoms with Gasteiger partial charge >= 0.3 is 0 Å². The van der Waals surface area contributed by atoms with Gasteiger partial charge in [-0.2, -0.15) is 8.42 Å². The van der Waals surface area contributed by atoms with Crippen molar-refractivity contribution >= 4 is 16.2 Å². The summed E-state index contributed by atoms with van der Waals surface area (Å²) in [6.45, 7) is 3.87. The summed E-state index contributed by atoms with van der Waals surface area (Å²) in [7, 11) is -3.51. The van der Waals surface area contributed by atoms with Crippen LogP contribution >= 0.6 is 0 Å².